The highest BCUT2D eigenvalue weighted by Gasteiger charge is 2.19. The molecule has 0 aromatic heterocycles. The Morgan fingerprint density at radius 3 is 0.807 bits per heavy atom. The van der Waals surface area contributed by atoms with Crippen molar-refractivity contribution in [1.29, 1.82) is 0 Å². The summed E-state index contributed by atoms with van der Waals surface area (Å²) in [6.07, 6.45) is 107. The number of carbonyl (C=O) groups is 3. The minimum absolute atomic E-state index is 0.105. The zero-order valence-electron chi connectivity index (χ0n) is 52.4. The zero-order chi connectivity index (χ0) is 59.9. The molecule has 0 aliphatic carbocycles. The van der Waals surface area contributed by atoms with E-state index in [-0.39, 0.29) is 44.4 Å². The molecule has 0 bridgehead atoms. The minimum atomic E-state index is -0.857. The third-order valence-electron chi connectivity index (χ3n) is 12.5. The lowest BCUT2D eigenvalue weighted by atomic mass is 10.1. The van der Waals surface area contributed by atoms with Gasteiger partial charge in [-0.15, -0.1) is 0 Å². The summed E-state index contributed by atoms with van der Waals surface area (Å²) < 4.78 is 16.7. The number of unbranched alkanes of at least 4 members (excludes halogenated alkanes) is 9. The number of carbonyl (C=O) groups excluding carboxylic acids is 3. The third-order valence-corrected chi connectivity index (χ3v) is 12.5. The van der Waals surface area contributed by atoms with E-state index in [0.29, 0.717) is 12.8 Å². The van der Waals surface area contributed by atoms with Crippen LogP contribution in [0.15, 0.2) is 219 Å². The molecule has 0 aromatic carbocycles. The van der Waals surface area contributed by atoms with Gasteiger partial charge in [0.05, 0.1) is 6.42 Å². The Balaban J connectivity index is 4.52. The summed E-state index contributed by atoms with van der Waals surface area (Å²) in [7, 11) is 0. The minimum Gasteiger partial charge on any atom is -0.462 e. The van der Waals surface area contributed by atoms with Crippen LogP contribution in [0.1, 0.15) is 226 Å². The molecule has 0 fully saturated rings. The van der Waals surface area contributed by atoms with Gasteiger partial charge in [-0.2, -0.15) is 0 Å². The Kier molecular flexibility index (Phi) is 63.1. The predicted octanol–water partition coefficient (Wildman–Crippen LogP) is 22.5. The molecule has 0 spiro atoms. The van der Waals surface area contributed by atoms with E-state index in [4.69, 9.17) is 14.2 Å². The van der Waals surface area contributed by atoms with E-state index >= 15 is 0 Å². The molecule has 1 atom stereocenters. The van der Waals surface area contributed by atoms with Crippen LogP contribution in [0.2, 0.25) is 0 Å². The molecule has 0 N–H and O–H groups in total. The molecule has 0 amide bonds. The summed E-state index contributed by atoms with van der Waals surface area (Å²) in [6.45, 7) is 6.14. The summed E-state index contributed by atoms with van der Waals surface area (Å²) in [5.74, 6) is -1.14. The number of hydrogen-bond donors (Lipinski definition) is 0. The van der Waals surface area contributed by atoms with Crippen molar-refractivity contribution >= 4 is 17.9 Å². The fraction of sp³-hybridized carbons (Fsp3) is 0.494. The molecule has 0 saturated carbocycles. The highest BCUT2D eigenvalue weighted by atomic mass is 16.6. The number of allylic oxidation sites excluding steroid dienone is 35. The Morgan fingerprint density at radius 1 is 0.253 bits per heavy atom. The van der Waals surface area contributed by atoms with Crippen LogP contribution in [0.4, 0.5) is 0 Å². The second-order valence-electron chi connectivity index (χ2n) is 20.2. The van der Waals surface area contributed by atoms with Crippen LogP contribution in [0.25, 0.3) is 0 Å². The summed E-state index contributed by atoms with van der Waals surface area (Å²) in [6, 6.07) is 0. The lowest BCUT2D eigenvalue weighted by Gasteiger charge is -2.18. The van der Waals surface area contributed by atoms with Crippen molar-refractivity contribution in [2.24, 2.45) is 0 Å². The van der Waals surface area contributed by atoms with Gasteiger partial charge in [0, 0.05) is 12.8 Å². The Morgan fingerprint density at radius 2 is 0.482 bits per heavy atom. The van der Waals surface area contributed by atoms with Gasteiger partial charge >= 0.3 is 17.9 Å². The number of rotatable bonds is 55. The normalized spacial score (nSPS) is 13.6. The van der Waals surface area contributed by atoms with Crippen LogP contribution in [-0.4, -0.2) is 37.2 Å². The lowest BCUT2D eigenvalue weighted by Crippen LogP contribution is -2.30. The Bertz CT molecular complexity index is 2080. The molecule has 0 aromatic rings. The highest BCUT2D eigenvalue weighted by molar-refractivity contribution is 5.72. The van der Waals surface area contributed by atoms with Crippen LogP contribution in [-0.2, 0) is 28.6 Å². The fourth-order valence-electron chi connectivity index (χ4n) is 7.79. The molecule has 0 rings (SSSR count). The molecular formula is C77H114O6. The molecule has 83 heavy (non-hydrogen) atoms. The van der Waals surface area contributed by atoms with E-state index in [1.54, 1.807) is 6.08 Å². The van der Waals surface area contributed by atoms with E-state index < -0.39 is 12.1 Å². The first-order valence-electron chi connectivity index (χ1n) is 32.2. The Labute approximate surface area is 508 Å². The van der Waals surface area contributed by atoms with E-state index in [9.17, 15) is 14.4 Å². The third kappa shape index (κ3) is 66.4. The maximum absolute atomic E-state index is 12.9. The first kappa shape index (κ1) is 76.7. The maximum atomic E-state index is 12.9. The van der Waals surface area contributed by atoms with Gasteiger partial charge < -0.3 is 14.2 Å². The maximum Gasteiger partial charge on any atom is 0.309 e. The lowest BCUT2D eigenvalue weighted by molar-refractivity contribution is -0.166. The van der Waals surface area contributed by atoms with E-state index in [0.717, 1.165) is 154 Å². The summed E-state index contributed by atoms with van der Waals surface area (Å²) >= 11 is 0. The summed E-state index contributed by atoms with van der Waals surface area (Å²) in [5, 5.41) is 0. The molecule has 0 heterocycles. The summed E-state index contributed by atoms with van der Waals surface area (Å²) in [4.78, 5) is 38.2. The monoisotopic (exact) mass is 1130 g/mol. The van der Waals surface area contributed by atoms with E-state index in [1.165, 1.54) is 19.3 Å². The first-order valence-corrected chi connectivity index (χ1v) is 32.2. The van der Waals surface area contributed by atoms with Crippen molar-refractivity contribution < 1.29 is 28.6 Å². The molecule has 6 heteroatoms. The molecule has 0 aliphatic rings. The molecular weight excluding hydrogens is 1020 g/mol. The van der Waals surface area contributed by atoms with Gasteiger partial charge in [-0.05, 0) is 154 Å². The van der Waals surface area contributed by atoms with Crippen molar-refractivity contribution in [3.63, 3.8) is 0 Å². The highest BCUT2D eigenvalue weighted by Crippen LogP contribution is 2.13. The van der Waals surface area contributed by atoms with Crippen LogP contribution in [0.3, 0.4) is 0 Å². The van der Waals surface area contributed by atoms with Crippen LogP contribution in [0, 0.1) is 0 Å². The molecule has 0 radical (unpaired) electrons. The second kappa shape index (κ2) is 68.2. The van der Waals surface area contributed by atoms with Gasteiger partial charge in [-0.1, -0.05) is 272 Å². The van der Waals surface area contributed by atoms with Gasteiger partial charge in [0.2, 0.25) is 0 Å². The average Bonchev–Trinajstić information content (AvgIpc) is 3.49. The molecule has 0 saturated heterocycles. The van der Waals surface area contributed by atoms with Gasteiger partial charge in [0.15, 0.2) is 6.10 Å². The predicted molar refractivity (Wildman–Crippen MR) is 361 cm³/mol. The molecule has 458 valence electrons. The number of hydrogen-bond acceptors (Lipinski definition) is 6. The van der Waals surface area contributed by atoms with Crippen molar-refractivity contribution in [3.8, 4) is 0 Å². The largest absolute Gasteiger partial charge is 0.462 e. The van der Waals surface area contributed by atoms with Gasteiger partial charge in [-0.3, -0.25) is 14.4 Å². The summed E-state index contributed by atoms with van der Waals surface area (Å²) in [5.41, 5.74) is 0. The number of esters is 3. The van der Waals surface area contributed by atoms with Gasteiger partial charge in [0.1, 0.15) is 13.2 Å². The van der Waals surface area contributed by atoms with Crippen LogP contribution < -0.4 is 0 Å². The van der Waals surface area contributed by atoms with Crippen molar-refractivity contribution in [2.75, 3.05) is 13.2 Å². The molecule has 6 nitrogen and oxygen atoms in total. The standard InChI is InChI=1S/C77H114O6/c1-4-7-10-13-16-19-22-25-28-30-31-32-33-34-35-36-37-38-39-40-41-42-43-44-45-47-49-52-55-58-61-64-67-70-76(79)82-73-74(72-81-75(78)69-66-63-60-57-54-51-48-27-24-21-18-15-12-9-6-3)83-77(80)71-68-65-62-59-56-53-50-46-29-26-23-20-17-14-11-8-5-2/h7-12,16-21,25-29,31-32,34-35,37-38,40-41,43-44,47-49,54-55,57-58,63,66,74H,4-6,13-15,22-24,30,33,36,39,42,45-46,50-53,56,59-62,64-65,67-73H2,1-3H3/b10-7-,11-8-,12-9-,19-16-,20-17-,21-18-,28-25-,29-26-,32-31-,35-34-,38-37-,41-40-,44-43-,48-27-,49-47-,57-54-,58-55-,66-63-. The Hall–Kier alpha value is -6.27. The van der Waals surface area contributed by atoms with E-state index in [2.05, 4.69) is 227 Å². The topological polar surface area (TPSA) is 78.9 Å². The zero-order valence-corrected chi connectivity index (χ0v) is 52.4. The molecule has 0 aliphatic heterocycles. The quantitative estimate of drug-likeness (QED) is 0.0261. The molecule has 1 unspecified atom stereocenters. The van der Waals surface area contributed by atoms with Crippen LogP contribution >= 0.6 is 0 Å². The van der Waals surface area contributed by atoms with E-state index in [1.807, 2.05) is 6.08 Å². The van der Waals surface area contributed by atoms with Crippen LogP contribution in [0.5, 0.6) is 0 Å². The van der Waals surface area contributed by atoms with Crippen molar-refractivity contribution in [1.82, 2.24) is 0 Å². The number of ether oxygens (including phenoxy) is 3. The first-order chi connectivity index (χ1) is 41.0. The van der Waals surface area contributed by atoms with Crippen molar-refractivity contribution in [3.05, 3.63) is 219 Å². The van der Waals surface area contributed by atoms with Gasteiger partial charge in [0.25, 0.3) is 0 Å². The fourth-order valence-corrected chi connectivity index (χ4v) is 7.79. The average molecular weight is 1140 g/mol. The smallest absolute Gasteiger partial charge is 0.309 e. The van der Waals surface area contributed by atoms with Crippen molar-refractivity contribution in [2.45, 2.75) is 232 Å². The second-order valence-corrected chi connectivity index (χ2v) is 20.2. The van der Waals surface area contributed by atoms with Gasteiger partial charge in [-0.25, -0.2) is 0 Å². The SMILES string of the molecule is CC/C=C\C/C=C\C/C=C\C/C=C\C/C=C\C/C=C\C/C=C\C/C=C\C/C=C\C/C=C\CCCCC(=O)OCC(COC(=O)C/C=C\C/C=C\C/C=C\C/C=C\C/C=C\CC)OC(=O)CCCCCCCCC/C=C\C/C=C\C/C=C\CC.